The molecule has 0 heterocycles. The van der Waals surface area contributed by atoms with Crippen LogP contribution in [0.25, 0.3) is 0 Å². The van der Waals surface area contributed by atoms with Gasteiger partial charge in [-0.2, -0.15) is 0 Å². The molecule has 0 saturated carbocycles. The van der Waals surface area contributed by atoms with Crippen LogP contribution < -0.4 is 4.74 Å². The Morgan fingerprint density at radius 1 is 1.17 bits per heavy atom. The Labute approximate surface area is 108 Å². The minimum Gasteiger partial charge on any atom is -0.491 e. The molecule has 18 heavy (non-hydrogen) atoms. The van der Waals surface area contributed by atoms with Crippen LogP contribution in [-0.4, -0.2) is 38.1 Å². The lowest BCUT2D eigenvalue weighted by Crippen LogP contribution is -2.31. The summed E-state index contributed by atoms with van der Waals surface area (Å²) in [6.45, 7) is 4.64. The minimum atomic E-state index is -0.749. The standard InChI is InChI=1S/C14H22O4/c1-14(2,17-4)13(15)11-7-5-6-8-12(11)18-10-9-16-3/h5-8,13,15H,9-10H2,1-4H3. The Bertz CT molecular complexity index is 363. The predicted molar refractivity (Wildman–Crippen MR) is 69.9 cm³/mol. The van der Waals surface area contributed by atoms with Gasteiger partial charge in [-0.15, -0.1) is 0 Å². The average molecular weight is 254 g/mol. The Hall–Kier alpha value is -1.10. The normalized spacial score (nSPS) is 13.4. The van der Waals surface area contributed by atoms with Crippen LogP contribution in [-0.2, 0) is 9.47 Å². The Morgan fingerprint density at radius 3 is 2.44 bits per heavy atom. The van der Waals surface area contributed by atoms with Gasteiger partial charge in [-0.1, -0.05) is 18.2 Å². The van der Waals surface area contributed by atoms with Crippen LogP contribution in [0.5, 0.6) is 5.75 Å². The molecule has 1 unspecified atom stereocenters. The van der Waals surface area contributed by atoms with E-state index < -0.39 is 11.7 Å². The lowest BCUT2D eigenvalue weighted by molar-refractivity contribution is -0.0802. The van der Waals surface area contributed by atoms with Gasteiger partial charge in [0.15, 0.2) is 0 Å². The number of methoxy groups -OCH3 is 2. The van der Waals surface area contributed by atoms with Crippen molar-refractivity contribution in [3.8, 4) is 5.75 Å². The van der Waals surface area contributed by atoms with Crippen LogP contribution in [0.1, 0.15) is 25.5 Å². The molecule has 102 valence electrons. The second kappa shape index (κ2) is 6.73. The fourth-order valence-electron chi connectivity index (χ4n) is 1.56. The van der Waals surface area contributed by atoms with Gasteiger partial charge in [-0.3, -0.25) is 0 Å². The Balaban J connectivity index is 2.87. The molecule has 1 aromatic rings. The summed E-state index contributed by atoms with van der Waals surface area (Å²) < 4.78 is 15.8. The number of hydrogen-bond donors (Lipinski definition) is 1. The highest BCUT2D eigenvalue weighted by atomic mass is 16.5. The van der Waals surface area contributed by atoms with E-state index >= 15 is 0 Å². The third-order valence-electron chi connectivity index (χ3n) is 2.94. The van der Waals surface area contributed by atoms with E-state index in [9.17, 15) is 5.11 Å². The van der Waals surface area contributed by atoms with Crippen molar-refractivity contribution >= 4 is 0 Å². The van der Waals surface area contributed by atoms with Gasteiger partial charge in [-0.25, -0.2) is 0 Å². The molecular formula is C14H22O4. The Morgan fingerprint density at radius 2 is 1.83 bits per heavy atom. The van der Waals surface area contributed by atoms with Crippen LogP contribution in [0.3, 0.4) is 0 Å². The largest absolute Gasteiger partial charge is 0.491 e. The highest BCUT2D eigenvalue weighted by molar-refractivity contribution is 5.36. The molecule has 0 aliphatic rings. The molecule has 4 heteroatoms. The molecule has 1 N–H and O–H groups in total. The second-order valence-electron chi connectivity index (χ2n) is 4.59. The van der Waals surface area contributed by atoms with Crippen LogP contribution in [0.2, 0.25) is 0 Å². The van der Waals surface area contributed by atoms with Crippen molar-refractivity contribution in [3.05, 3.63) is 29.8 Å². The fourth-order valence-corrected chi connectivity index (χ4v) is 1.56. The van der Waals surface area contributed by atoms with E-state index in [0.717, 1.165) is 5.56 Å². The molecule has 1 rings (SSSR count). The van der Waals surface area contributed by atoms with E-state index in [0.29, 0.717) is 19.0 Å². The number of aliphatic hydroxyl groups excluding tert-OH is 1. The molecular weight excluding hydrogens is 232 g/mol. The van der Waals surface area contributed by atoms with Crippen molar-refractivity contribution < 1.29 is 19.3 Å². The molecule has 0 aliphatic carbocycles. The lowest BCUT2D eigenvalue weighted by atomic mass is 9.94. The summed E-state index contributed by atoms with van der Waals surface area (Å²) in [7, 11) is 3.20. The van der Waals surface area contributed by atoms with Crippen molar-refractivity contribution in [3.63, 3.8) is 0 Å². The van der Waals surface area contributed by atoms with Crippen LogP contribution in [0, 0.1) is 0 Å². The smallest absolute Gasteiger partial charge is 0.125 e. The molecule has 0 radical (unpaired) electrons. The molecule has 0 bridgehead atoms. The van der Waals surface area contributed by atoms with E-state index in [2.05, 4.69) is 0 Å². The maximum Gasteiger partial charge on any atom is 0.125 e. The SMILES string of the molecule is COCCOc1ccccc1C(O)C(C)(C)OC. The first-order valence-electron chi connectivity index (χ1n) is 5.96. The number of para-hydroxylation sites is 1. The van der Waals surface area contributed by atoms with Gasteiger partial charge in [0.2, 0.25) is 0 Å². The molecule has 0 aromatic heterocycles. The third-order valence-corrected chi connectivity index (χ3v) is 2.94. The first-order chi connectivity index (χ1) is 8.53. The van der Waals surface area contributed by atoms with Gasteiger partial charge in [0, 0.05) is 19.8 Å². The quantitative estimate of drug-likeness (QED) is 0.758. The topological polar surface area (TPSA) is 47.9 Å². The summed E-state index contributed by atoms with van der Waals surface area (Å²) in [5.74, 6) is 0.659. The zero-order valence-electron chi connectivity index (χ0n) is 11.5. The molecule has 1 atom stereocenters. The monoisotopic (exact) mass is 254 g/mol. The van der Waals surface area contributed by atoms with E-state index in [1.54, 1.807) is 14.2 Å². The molecule has 0 saturated heterocycles. The first-order valence-corrected chi connectivity index (χ1v) is 5.96. The van der Waals surface area contributed by atoms with Crippen LogP contribution in [0.15, 0.2) is 24.3 Å². The molecule has 0 aliphatic heterocycles. The predicted octanol–water partition coefficient (Wildman–Crippen LogP) is 2.17. The lowest BCUT2D eigenvalue weighted by Gasteiger charge is -2.30. The summed E-state index contributed by atoms with van der Waals surface area (Å²) in [6, 6.07) is 7.42. The summed E-state index contributed by atoms with van der Waals surface area (Å²) in [6.07, 6.45) is -0.749. The van der Waals surface area contributed by atoms with Crippen LogP contribution >= 0.6 is 0 Å². The number of aliphatic hydroxyl groups is 1. The zero-order chi connectivity index (χ0) is 13.6. The van der Waals surface area contributed by atoms with E-state index in [1.165, 1.54) is 0 Å². The second-order valence-corrected chi connectivity index (χ2v) is 4.59. The van der Waals surface area contributed by atoms with Crippen molar-refractivity contribution in [2.75, 3.05) is 27.4 Å². The maximum absolute atomic E-state index is 10.3. The molecule has 0 fully saturated rings. The van der Waals surface area contributed by atoms with Crippen molar-refractivity contribution in [2.45, 2.75) is 25.6 Å². The van der Waals surface area contributed by atoms with E-state index in [1.807, 2.05) is 38.1 Å². The summed E-state index contributed by atoms with van der Waals surface area (Å²) in [5, 5.41) is 10.3. The molecule has 0 spiro atoms. The van der Waals surface area contributed by atoms with Crippen LogP contribution in [0.4, 0.5) is 0 Å². The third kappa shape index (κ3) is 3.70. The van der Waals surface area contributed by atoms with Gasteiger partial charge in [-0.05, 0) is 19.9 Å². The van der Waals surface area contributed by atoms with Crippen molar-refractivity contribution in [2.24, 2.45) is 0 Å². The summed E-state index contributed by atoms with van der Waals surface area (Å²) in [4.78, 5) is 0. The average Bonchev–Trinajstić information content (AvgIpc) is 2.39. The molecule has 1 aromatic carbocycles. The highest BCUT2D eigenvalue weighted by Gasteiger charge is 2.30. The highest BCUT2D eigenvalue weighted by Crippen LogP contribution is 2.33. The fraction of sp³-hybridized carbons (Fsp3) is 0.571. The van der Waals surface area contributed by atoms with Crippen molar-refractivity contribution in [1.29, 1.82) is 0 Å². The van der Waals surface area contributed by atoms with E-state index in [-0.39, 0.29) is 0 Å². The molecule has 4 nitrogen and oxygen atoms in total. The summed E-state index contributed by atoms with van der Waals surface area (Å²) in [5.41, 5.74) is 0.0567. The minimum absolute atomic E-state index is 0.452. The number of ether oxygens (including phenoxy) is 3. The summed E-state index contributed by atoms with van der Waals surface area (Å²) >= 11 is 0. The van der Waals surface area contributed by atoms with Crippen molar-refractivity contribution in [1.82, 2.24) is 0 Å². The van der Waals surface area contributed by atoms with Gasteiger partial charge in [0.05, 0.1) is 12.2 Å². The zero-order valence-corrected chi connectivity index (χ0v) is 11.5. The number of rotatable bonds is 7. The first kappa shape index (κ1) is 15.0. The van der Waals surface area contributed by atoms with Gasteiger partial charge in [0.1, 0.15) is 18.5 Å². The van der Waals surface area contributed by atoms with Gasteiger partial charge in [0.25, 0.3) is 0 Å². The van der Waals surface area contributed by atoms with Gasteiger partial charge >= 0.3 is 0 Å². The maximum atomic E-state index is 10.3. The number of hydrogen-bond acceptors (Lipinski definition) is 4. The Kier molecular flexibility index (Phi) is 5.59. The number of benzene rings is 1. The molecule has 0 amide bonds. The van der Waals surface area contributed by atoms with Gasteiger partial charge < -0.3 is 19.3 Å². The van der Waals surface area contributed by atoms with E-state index in [4.69, 9.17) is 14.2 Å².